The summed E-state index contributed by atoms with van der Waals surface area (Å²) in [5.41, 5.74) is 1.85. The van der Waals surface area contributed by atoms with E-state index < -0.39 is 30.2 Å². The summed E-state index contributed by atoms with van der Waals surface area (Å²) in [7, 11) is 1.24. The number of rotatable bonds is 10. The zero-order chi connectivity index (χ0) is 40.3. The van der Waals surface area contributed by atoms with Gasteiger partial charge < -0.3 is 40.2 Å². The molecule has 2 aliphatic rings. The monoisotopic (exact) mass is 796 g/mol. The number of piperazine rings is 1. The summed E-state index contributed by atoms with van der Waals surface area (Å²) in [6.07, 6.45) is -2.03. The number of amides is 3. The summed E-state index contributed by atoms with van der Waals surface area (Å²) in [5, 5.41) is 8.54. The molecule has 298 valence electrons. The molecule has 4 atom stereocenters. The molecule has 4 N–H and O–H groups in total. The van der Waals surface area contributed by atoms with E-state index in [0.717, 1.165) is 25.7 Å². The third kappa shape index (κ3) is 9.19. The van der Waals surface area contributed by atoms with Crippen LogP contribution in [-0.2, 0) is 9.53 Å². The number of aromatic nitrogens is 3. The third-order valence-electron chi connectivity index (χ3n) is 9.95. The molecule has 2 aromatic carbocycles. The lowest BCUT2D eigenvalue weighted by Crippen LogP contribution is -2.51. The molecular formula is C39H44ClF3N8O5. The van der Waals surface area contributed by atoms with Gasteiger partial charge in [-0.15, -0.1) is 13.2 Å². The van der Waals surface area contributed by atoms with Crippen molar-refractivity contribution < 1.29 is 37.0 Å². The van der Waals surface area contributed by atoms with Gasteiger partial charge in [0.15, 0.2) is 0 Å². The summed E-state index contributed by atoms with van der Waals surface area (Å²) >= 11 is 6.55. The van der Waals surface area contributed by atoms with Crippen LogP contribution < -0.4 is 25.6 Å². The number of nitrogens with zero attached hydrogens (tertiary/aromatic N) is 4. The Morgan fingerprint density at radius 3 is 2.39 bits per heavy atom. The minimum atomic E-state index is -5.03. The molecule has 4 heterocycles. The fourth-order valence-corrected chi connectivity index (χ4v) is 7.27. The summed E-state index contributed by atoms with van der Waals surface area (Å²) in [4.78, 5) is 55.0. The number of ether oxygens (including phenoxy) is 2. The fraction of sp³-hybridized carbons (Fsp3) is 0.410. The lowest BCUT2D eigenvalue weighted by atomic mass is 10.0. The zero-order valence-electron chi connectivity index (χ0n) is 31.5. The number of pyridine rings is 1. The highest BCUT2D eigenvalue weighted by molar-refractivity contribution is 6.34. The summed E-state index contributed by atoms with van der Waals surface area (Å²) in [6.45, 7) is 10.6. The molecule has 0 radical (unpaired) electrons. The number of hydrogen-bond donors (Lipinski definition) is 4. The van der Waals surface area contributed by atoms with Crippen molar-refractivity contribution >= 4 is 41.0 Å². The number of likely N-dealkylation sites (tertiary alicyclic amines) is 1. The van der Waals surface area contributed by atoms with Crippen LogP contribution in [0.1, 0.15) is 56.3 Å². The number of alkyl halides is 3. The molecule has 2 aromatic heterocycles. The Hall–Kier alpha value is -5.35. The quantitative estimate of drug-likeness (QED) is 0.133. The lowest BCUT2D eigenvalue weighted by Gasteiger charge is -2.34. The Bertz CT molecular complexity index is 2040. The van der Waals surface area contributed by atoms with Crippen LogP contribution in [0.15, 0.2) is 60.9 Å². The topological polar surface area (TPSA) is 154 Å². The van der Waals surface area contributed by atoms with Gasteiger partial charge in [-0.3, -0.25) is 9.59 Å². The maximum absolute atomic E-state index is 13.7. The average molecular weight is 797 g/mol. The molecule has 56 heavy (non-hydrogen) atoms. The Morgan fingerprint density at radius 2 is 1.75 bits per heavy atom. The van der Waals surface area contributed by atoms with Crippen molar-refractivity contribution in [3.8, 4) is 28.1 Å². The van der Waals surface area contributed by atoms with E-state index in [-0.39, 0.29) is 51.7 Å². The van der Waals surface area contributed by atoms with Crippen LogP contribution in [0.25, 0.3) is 22.4 Å². The number of anilines is 2. The first-order chi connectivity index (χ1) is 26.6. The van der Waals surface area contributed by atoms with E-state index in [1.807, 2.05) is 20.8 Å². The Morgan fingerprint density at radius 1 is 1.02 bits per heavy atom. The molecule has 0 spiro atoms. The van der Waals surface area contributed by atoms with Gasteiger partial charge in [0, 0.05) is 50.0 Å². The Labute approximate surface area is 327 Å². The van der Waals surface area contributed by atoms with E-state index in [0.29, 0.717) is 41.4 Å². The number of methoxy groups -OCH3 is 1. The van der Waals surface area contributed by atoms with Crippen molar-refractivity contribution in [1.82, 2.24) is 30.5 Å². The maximum atomic E-state index is 13.7. The molecular weight excluding hydrogens is 753 g/mol. The normalized spacial score (nSPS) is 19.1. The van der Waals surface area contributed by atoms with Gasteiger partial charge in [0.2, 0.25) is 5.91 Å². The van der Waals surface area contributed by atoms with Gasteiger partial charge in [0.05, 0.1) is 41.3 Å². The Kier molecular flexibility index (Phi) is 12.1. The van der Waals surface area contributed by atoms with E-state index in [1.54, 1.807) is 47.5 Å². The second-order valence-corrected chi connectivity index (χ2v) is 14.9. The van der Waals surface area contributed by atoms with Gasteiger partial charge in [-0.25, -0.2) is 14.8 Å². The predicted molar refractivity (Wildman–Crippen MR) is 205 cm³/mol. The van der Waals surface area contributed by atoms with Crippen molar-refractivity contribution in [2.24, 2.45) is 11.8 Å². The first-order valence-electron chi connectivity index (χ1n) is 18.3. The number of halogens is 4. The molecule has 17 heteroatoms. The molecule has 6 rings (SSSR count). The lowest BCUT2D eigenvalue weighted by molar-refractivity contribution is -0.274. The first-order valence-corrected chi connectivity index (χ1v) is 18.6. The van der Waals surface area contributed by atoms with E-state index in [9.17, 15) is 27.6 Å². The minimum Gasteiger partial charge on any atom is -0.453 e. The average Bonchev–Trinajstić information content (AvgIpc) is 3.81. The van der Waals surface area contributed by atoms with Crippen LogP contribution in [0, 0.1) is 11.8 Å². The fourth-order valence-electron chi connectivity index (χ4n) is 7.06. The van der Waals surface area contributed by atoms with Crippen molar-refractivity contribution in [2.45, 2.75) is 58.6 Å². The molecule has 2 aliphatic heterocycles. The van der Waals surface area contributed by atoms with Crippen LogP contribution in [0.5, 0.6) is 5.75 Å². The van der Waals surface area contributed by atoms with Gasteiger partial charge in [-0.05, 0) is 54.5 Å². The molecule has 0 aliphatic carbocycles. The third-order valence-corrected chi connectivity index (χ3v) is 10.3. The van der Waals surface area contributed by atoms with Gasteiger partial charge in [0.25, 0.3) is 5.91 Å². The van der Waals surface area contributed by atoms with Crippen LogP contribution in [0.2, 0.25) is 5.02 Å². The van der Waals surface area contributed by atoms with E-state index >= 15 is 0 Å². The number of hydrogen-bond acceptors (Lipinski definition) is 9. The first kappa shape index (κ1) is 40.3. The number of benzene rings is 2. The highest BCUT2D eigenvalue weighted by atomic mass is 35.5. The number of carbonyl (C=O) groups excluding carboxylic acids is 3. The van der Waals surface area contributed by atoms with Crippen LogP contribution in [-0.4, -0.2) is 89.5 Å². The number of imidazole rings is 1. The van der Waals surface area contributed by atoms with Crippen molar-refractivity contribution in [1.29, 1.82) is 0 Å². The van der Waals surface area contributed by atoms with E-state index in [2.05, 4.69) is 47.5 Å². The van der Waals surface area contributed by atoms with Gasteiger partial charge in [-0.2, -0.15) is 0 Å². The summed E-state index contributed by atoms with van der Waals surface area (Å²) < 4.78 is 50.2. The van der Waals surface area contributed by atoms with Crippen molar-refractivity contribution in [2.75, 3.05) is 43.5 Å². The van der Waals surface area contributed by atoms with Gasteiger partial charge in [0.1, 0.15) is 23.4 Å². The van der Waals surface area contributed by atoms with E-state index in [1.165, 1.54) is 19.4 Å². The van der Waals surface area contributed by atoms with Crippen LogP contribution in [0.3, 0.4) is 0 Å². The van der Waals surface area contributed by atoms with Crippen molar-refractivity contribution in [3.05, 3.63) is 77.3 Å². The minimum absolute atomic E-state index is 0.00392. The molecule has 0 saturated carbocycles. The molecule has 3 amide bonds. The molecule has 13 nitrogen and oxygen atoms in total. The standard InChI is InChI=1S/C39H44ClF3N8O5/c1-21(2)34(49-38(54)55-5)37(53)51-20-22(3)14-31(51)35-46-19-30(47-35)25-8-6-24(7-9-25)27-15-28(40)29(16-32(27)56-39(41,42)43)48-36(52)26-10-11-33(45-18-26)50-13-12-44-17-23(50)4/h6-11,15-16,18-19,21-23,31,34,44H,12-14,17,20H2,1-5H3,(H,46,47)(H,48,52)(H,49,54)/t22-,23?,31-,34-/m0/s1. The second kappa shape index (κ2) is 16.8. The number of nitrogens with one attached hydrogen (secondary N) is 4. The molecule has 0 bridgehead atoms. The SMILES string of the molecule is COC(=O)N[C@H](C(=O)N1C[C@@H](C)C[C@H]1c1ncc(-c2ccc(-c3cc(Cl)c(NC(=O)c4ccc(N5CCNCC5C)nc4)cc3OC(F)(F)F)cc2)[nH]1)C(C)C. The largest absolute Gasteiger partial charge is 0.573 e. The van der Waals surface area contributed by atoms with Gasteiger partial charge in [-0.1, -0.05) is 56.6 Å². The highest BCUT2D eigenvalue weighted by Gasteiger charge is 2.40. The van der Waals surface area contributed by atoms with Crippen LogP contribution in [0.4, 0.5) is 29.5 Å². The number of aromatic amines is 1. The highest BCUT2D eigenvalue weighted by Crippen LogP contribution is 2.41. The zero-order valence-corrected chi connectivity index (χ0v) is 32.3. The van der Waals surface area contributed by atoms with Crippen molar-refractivity contribution in [3.63, 3.8) is 0 Å². The molecule has 2 fully saturated rings. The maximum Gasteiger partial charge on any atom is 0.573 e. The predicted octanol–water partition coefficient (Wildman–Crippen LogP) is 7.03. The Balaban J connectivity index is 1.20. The van der Waals surface area contributed by atoms with Gasteiger partial charge >= 0.3 is 12.5 Å². The molecule has 1 unspecified atom stereocenters. The summed E-state index contributed by atoms with van der Waals surface area (Å²) in [5.74, 6) is -0.142. The molecule has 2 saturated heterocycles. The van der Waals surface area contributed by atoms with Crippen LogP contribution >= 0.6 is 11.6 Å². The van der Waals surface area contributed by atoms with E-state index in [4.69, 9.17) is 16.3 Å². The number of alkyl carbamates (subject to hydrolysis) is 1. The molecule has 4 aromatic rings. The smallest absolute Gasteiger partial charge is 0.453 e. The second-order valence-electron chi connectivity index (χ2n) is 14.4. The summed E-state index contributed by atoms with van der Waals surface area (Å²) in [6, 6.07) is 11.4. The number of H-pyrrole nitrogens is 1. The number of carbonyl (C=O) groups is 3.